The van der Waals surface area contributed by atoms with Crippen LogP contribution >= 0.6 is 11.3 Å². The van der Waals surface area contributed by atoms with Crippen LogP contribution in [0.15, 0.2) is 5.38 Å². The van der Waals surface area contributed by atoms with Gasteiger partial charge < -0.3 is 15.3 Å². The molecule has 0 aliphatic rings. The van der Waals surface area contributed by atoms with E-state index < -0.39 is 11.9 Å². The van der Waals surface area contributed by atoms with E-state index in [1.165, 1.54) is 17.3 Å². The lowest BCUT2D eigenvalue weighted by molar-refractivity contribution is -0.121. The minimum Gasteiger partial charge on any atom is -0.476 e. The summed E-state index contributed by atoms with van der Waals surface area (Å²) in [6, 6.07) is 0. The van der Waals surface area contributed by atoms with Crippen LogP contribution in [0.1, 0.15) is 34.1 Å². The number of nitrogens with zero attached hydrogens (tertiary/aromatic N) is 2. The van der Waals surface area contributed by atoms with Crippen LogP contribution in [0.2, 0.25) is 0 Å². The normalized spacial score (nSPS) is 10.4. The van der Waals surface area contributed by atoms with Crippen molar-refractivity contribution in [1.29, 1.82) is 0 Å². The topological polar surface area (TPSA) is 99.6 Å². The molecule has 0 aromatic carbocycles. The van der Waals surface area contributed by atoms with Crippen molar-refractivity contribution in [2.24, 2.45) is 5.92 Å². The molecular formula is C12H17N3O4S. The molecule has 1 rings (SSSR count). The number of aromatic carboxylic acids is 1. The molecule has 0 aliphatic carbocycles. The Kier molecular flexibility index (Phi) is 5.63. The maximum atomic E-state index is 12.0. The van der Waals surface area contributed by atoms with E-state index in [-0.39, 0.29) is 23.2 Å². The van der Waals surface area contributed by atoms with E-state index in [0.717, 1.165) is 11.3 Å². The number of carbonyl (C=O) groups is 3. The molecule has 0 radical (unpaired) electrons. The Labute approximate surface area is 120 Å². The molecular weight excluding hydrogens is 282 g/mol. The van der Waals surface area contributed by atoms with E-state index in [2.05, 4.69) is 10.3 Å². The SMILES string of the molecule is CC(C)CNC(=O)CN(C)C(=O)c1csc(C(=O)O)n1. The first-order valence-corrected chi connectivity index (χ1v) is 6.90. The minimum absolute atomic E-state index is 0.0339. The summed E-state index contributed by atoms with van der Waals surface area (Å²) in [5.41, 5.74) is 0.0339. The van der Waals surface area contributed by atoms with Crippen molar-refractivity contribution in [2.45, 2.75) is 13.8 Å². The van der Waals surface area contributed by atoms with Gasteiger partial charge in [-0.2, -0.15) is 0 Å². The number of hydrogen-bond donors (Lipinski definition) is 2. The van der Waals surface area contributed by atoms with Crippen LogP contribution < -0.4 is 5.32 Å². The Morgan fingerprint density at radius 1 is 1.45 bits per heavy atom. The Morgan fingerprint density at radius 2 is 2.10 bits per heavy atom. The summed E-state index contributed by atoms with van der Waals surface area (Å²) in [5.74, 6) is -1.58. The monoisotopic (exact) mass is 299 g/mol. The van der Waals surface area contributed by atoms with Gasteiger partial charge in [-0.1, -0.05) is 13.8 Å². The van der Waals surface area contributed by atoms with E-state index in [1.807, 2.05) is 13.8 Å². The van der Waals surface area contributed by atoms with Crippen molar-refractivity contribution >= 4 is 29.1 Å². The highest BCUT2D eigenvalue weighted by molar-refractivity contribution is 7.11. The molecule has 0 fully saturated rings. The van der Waals surface area contributed by atoms with E-state index in [9.17, 15) is 14.4 Å². The molecule has 0 saturated heterocycles. The second kappa shape index (κ2) is 6.99. The van der Waals surface area contributed by atoms with Gasteiger partial charge in [-0.25, -0.2) is 9.78 Å². The van der Waals surface area contributed by atoms with Gasteiger partial charge in [0.25, 0.3) is 5.91 Å². The largest absolute Gasteiger partial charge is 0.476 e. The summed E-state index contributed by atoms with van der Waals surface area (Å²) < 4.78 is 0. The van der Waals surface area contributed by atoms with Crippen molar-refractivity contribution in [3.63, 3.8) is 0 Å². The van der Waals surface area contributed by atoms with Gasteiger partial charge in [-0.3, -0.25) is 9.59 Å². The molecule has 0 saturated carbocycles. The molecule has 0 bridgehead atoms. The summed E-state index contributed by atoms with van der Waals surface area (Å²) >= 11 is 0.878. The summed E-state index contributed by atoms with van der Waals surface area (Å²) in [6.45, 7) is 4.39. The van der Waals surface area contributed by atoms with Gasteiger partial charge in [0.15, 0.2) is 0 Å². The highest BCUT2D eigenvalue weighted by Crippen LogP contribution is 2.11. The number of likely N-dealkylation sites (N-methyl/N-ethyl adjacent to an activating group) is 1. The van der Waals surface area contributed by atoms with Gasteiger partial charge in [-0.15, -0.1) is 11.3 Å². The Hall–Kier alpha value is -1.96. The van der Waals surface area contributed by atoms with Crippen LogP contribution in [-0.4, -0.2) is 52.9 Å². The molecule has 2 amide bonds. The standard InChI is InChI=1S/C12H17N3O4S/c1-7(2)4-13-9(16)5-15(3)11(17)8-6-20-10(14-8)12(18)19/h6-7H,4-5H2,1-3H3,(H,13,16)(H,18,19). The molecule has 8 heteroatoms. The third kappa shape index (κ3) is 4.61. The highest BCUT2D eigenvalue weighted by Gasteiger charge is 2.19. The third-order valence-corrected chi connectivity index (χ3v) is 3.17. The average Bonchev–Trinajstić information content (AvgIpc) is 2.85. The fraction of sp³-hybridized carbons (Fsp3) is 0.500. The Bertz CT molecular complexity index is 513. The summed E-state index contributed by atoms with van der Waals surface area (Å²) in [7, 11) is 1.47. The molecule has 110 valence electrons. The number of hydrogen-bond acceptors (Lipinski definition) is 5. The number of amides is 2. The van der Waals surface area contributed by atoms with Crippen molar-refractivity contribution in [3.05, 3.63) is 16.1 Å². The van der Waals surface area contributed by atoms with Crippen LogP contribution in [0.25, 0.3) is 0 Å². The Morgan fingerprint density at radius 3 is 2.60 bits per heavy atom. The number of carbonyl (C=O) groups excluding carboxylic acids is 2. The molecule has 0 aliphatic heterocycles. The first-order chi connectivity index (χ1) is 9.31. The second-order valence-corrected chi connectivity index (χ2v) is 5.56. The summed E-state index contributed by atoms with van der Waals surface area (Å²) in [5, 5.41) is 12.7. The van der Waals surface area contributed by atoms with E-state index in [0.29, 0.717) is 12.5 Å². The van der Waals surface area contributed by atoms with E-state index in [1.54, 1.807) is 0 Å². The van der Waals surface area contributed by atoms with Gasteiger partial charge >= 0.3 is 5.97 Å². The average molecular weight is 299 g/mol. The number of carboxylic acid groups (broad SMARTS) is 1. The first kappa shape index (κ1) is 16.1. The predicted molar refractivity (Wildman–Crippen MR) is 73.9 cm³/mol. The second-order valence-electron chi connectivity index (χ2n) is 4.70. The molecule has 1 heterocycles. The maximum Gasteiger partial charge on any atom is 0.365 e. The fourth-order valence-corrected chi connectivity index (χ4v) is 1.96. The van der Waals surface area contributed by atoms with Gasteiger partial charge in [0, 0.05) is 19.0 Å². The van der Waals surface area contributed by atoms with Crippen LogP contribution in [0.3, 0.4) is 0 Å². The van der Waals surface area contributed by atoms with Crippen molar-refractivity contribution in [1.82, 2.24) is 15.2 Å². The smallest absolute Gasteiger partial charge is 0.365 e. The van der Waals surface area contributed by atoms with Crippen molar-refractivity contribution in [3.8, 4) is 0 Å². The molecule has 1 aromatic rings. The summed E-state index contributed by atoms with van der Waals surface area (Å²) in [4.78, 5) is 39.1. The lowest BCUT2D eigenvalue weighted by Gasteiger charge is -2.16. The van der Waals surface area contributed by atoms with Crippen LogP contribution in [-0.2, 0) is 4.79 Å². The number of nitrogens with one attached hydrogen (secondary N) is 1. The number of rotatable bonds is 6. The molecule has 1 aromatic heterocycles. The van der Waals surface area contributed by atoms with Crippen LogP contribution in [0.5, 0.6) is 0 Å². The Balaban J connectivity index is 2.57. The quantitative estimate of drug-likeness (QED) is 0.805. The van der Waals surface area contributed by atoms with E-state index in [4.69, 9.17) is 5.11 Å². The van der Waals surface area contributed by atoms with Crippen molar-refractivity contribution in [2.75, 3.05) is 20.1 Å². The number of aromatic nitrogens is 1. The van der Waals surface area contributed by atoms with Gasteiger partial charge in [0.1, 0.15) is 5.69 Å². The number of carboxylic acids is 1. The zero-order valence-electron chi connectivity index (χ0n) is 11.5. The third-order valence-electron chi connectivity index (χ3n) is 2.34. The zero-order chi connectivity index (χ0) is 15.3. The predicted octanol–water partition coefficient (Wildman–Crippen LogP) is 0.685. The lowest BCUT2D eigenvalue weighted by atomic mass is 10.2. The van der Waals surface area contributed by atoms with Gasteiger partial charge in [0.2, 0.25) is 10.9 Å². The molecule has 2 N–H and O–H groups in total. The highest BCUT2D eigenvalue weighted by atomic mass is 32.1. The van der Waals surface area contributed by atoms with Crippen molar-refractivity contribution < 1.29 is 19.5 Å². The van der Waals surface area contributed by atoms with Crippen LogP contribution in [0, 0.1) is 5.92 Å². The summed E-state index contributed by atoms with van der Waals surface area (Å²) in [6.07, 6.45) is 0. The zero-order valence-corrected chi connectivity index (χ0v) is 12.4. The molecule has 0 unspecified atom stereocenters. The first-order valence-electron chi connectivity index (χ1n) is 6.02. The maximum absolute atomic E-state index is 12.0. The molecule has 0 atom stereocenters. The van der Waals surface area contributed by atoms with Crippen LogP contribution in [0.4, 0.5) is 0 Å². The van der Waals surface area contributed by atoms with Gasteiger partial charge in [-0.05, 0) is 5.92 Å². The lowest BCUT2D eigenvalue weighted by Crippen LogP contribution is -2.39. The minimum atomic E-state index is -1.17. The fourth-order valence-electron chi connectivity index (χ4n) is 1.33. The van der Waals surface area contributed by atoms with Gasteiger partial charge in [0.05, 0.1) is 6.54 Å². The van der Waals surface area contributed by atoms with E-state index >= 15 is 0 Å². The molecule has 20 heavy (non-hydrogen) atoms. The molecule has 0 spiro atoms. The molecule has 7 nitrogen and oxygen atoms in total. The number of thiazole rings is 1.